The lowest BCUT2D eigenvalue weighted by Gasteiger charge is -2.12. The molecule has 0 spiro atoms. The topological polar surface area (TPSA) is 55.8 Å². The molecule has 3 rings (SSSR count). The van der Waals surface area contributed by atoms with Gasteiger partial charge in [-0.05, 0) is 45.4 Å². The number of nitrogens with zero attached hydrogens (tertiary/aromatic N) is 1. The van der Waals surface area contributed by atoms with E-state index in [0.717, 1.165) is 21.8 Å². The van der Waals surface area contributed by atoms with Crippen LogP contribution in [-0.2, 0) is 11.3 Å². The van der Waals surface area contributed by atoms with Gasteiger partial charge >= 0.3 is 0 Å². The maximum Gasteiger partial charge on any atom is 0.293 e. The van der Waals surface area contributed by atoms with E-state index >= 15 is 0 Å². The normalized spacial score (nSPS) is 15.7. The summed E-state index contributed by atoms with van der Waals surface area (Å²) < 4.78 is 11.4. The molecular weight excluding hydrogens is 418 g/mol. The number of rotatable bonds is 5. The Bertz CT molecular complexity index is 883. The highest BCUT2D eigenvalue weighted by Gasteiger charge is 2.35. The van der Waals surface area contributed by atoms with E-state index in [1.165, 1.54) is 4.90 Å². The molecule has 5 nitrogen and oxygen atoms in total. The SMILES string of the molecule is COc1cc(OC)c(/C=C2\SC(=O)N(Cc3ccccc3)C2=O)cc1Br. The summed E-state index contributed by atoms with van der Waals surface area (Å²) >= 11 is 4.35. The number of carbonyl (C=O) groups is 2. The predicted molar refractivity (Wildman–Crippen MR) is 105 cm³/mol. The van der Waals surface area contributed by atoms with Crippen molar-refractivity contribution >= 4 is 44.9 Å². The van der Waals surface area contributed by atoms with Crippen LogP contribution >= 0.6 is 27.7 Å². The minimum absolute atomic E-state index is 0.256. The standard InChI is InChI=1S/C19H16BrNO4S/c1-24-15-10-16(25-2)14(20)8-13(15)9-17-18(22)21(19(23)26-17)11-12-6-4-3-5-7-12/h3-10H,11H2,1-2H3/b17-9-. The molecular formula is C19H16BrNO4S. The lowest BCUT2D eigenvalue weighted by atomic mass is 10.1. The second kappa shape index (κ2) is 7.97. The number of benzene rings is 2. The molecule has 134 valence electrons. The van der Waals surface area contributed by atoms with Crippen LogP contribution in [0.2, 0.25) is 0 Å². The maximum atomic E-state index is 12.7. The van der Waals surface area contributed by atoms with Crippen LogP contribution < -0.4 is 9.47 Å². The Hall–Kier alpha value is -2.25. The summed E-state index contributed by atoms with van der Waals surface area (Å²) in [5.41, 5.74) is 1.59. The van der Waals surface area contributed by atoms with Crippen LogP contribution in [0.4, 0.5) is 4.79 Å². The zero-order valence-corrected chi connectivity index (χ0v) is 16.6. The Morgan fingerprint density at radius 2 is 1.77 bits per heavy atom. The van der Waals surface area contributed by atoms with Gasteiger partial charge in [-0.1, -0.05) is 30.3 Å². The third-order valence-corrected chi connectivity index (χ3v) is 5.37. The number of hydrogen-bond donors (Lipinski definition) is 0. The average Bonchev–Trinajstić information content (AvgIpc) is 2.90. The monoisotopic (exact) mass is 433 g/mol. The number of halogens is 1. The molecule has 0 bridgehead atoms. The third-order valence-electron chi connectivity index (χ3n) is 3.85. The molecule has 1 fully saturated rings. The van der Waals surface area contributed by atoms with E-state index in [0.29, 0.717) is 22.0 Å². The van der Waals surface area contributed by atoms with Gasteiger partial charge in [0.05, 0.1) is 30.1 Å². The van der Waals surface area contributed by atoms with Crippen molar-refractivity contribution in [3.8, 4) is 11.5 Å². The minimum Gasteiger partial charge on any atom is -0.496 e. The second-order valence-corrected chi connectivity index (χ2v) is 7.33. The van der Waals surface area contributed by atoms with E-state index in [2.05, 4.69) is 15.9 Å². The maximum absolute atomic E-state index is 12.7. The number of imide groups is 1. The molecule has 26 heavy (non-hydrogen) atoms. The highest BCUT2D eigenvalue weighted by Crippen LogP contribution is 2.38. The molecule has 1 aliphatic heterocycles. The van der Waals surface area contributed by atoms with E-state index in [9.17, 15) is 9.59 Å². The quantitative estimate of drug-likeness (QED) is 0.639. The molecule has 2 aromatic rings. The number of thioether (sulfide) groups is 1. The predicted octanol–water partition coefficient (Wildman–Crippen LogP) is 4.70. The molecule has 1 saturated heterocycles. The molecule has 1 heterocycles. The van der Waals surface area contributed by atoms with Crippen molar-refractivity contribution in [3.05, 3.63) is 63.0 Å². The van der Waals surface area contributed by atoms with Gasteiger partial charge in [-0.2, -0.15) is 0 Å². The summed E-state index contributed by atoms with van der Waals surface area (Å²) in [7, 11) is 3.11. The van der Waals surface area contributed by atoms with Gasteiger partial charge in [0.15, 0.2) is 0 Å². The molecule has 0 N–H and O–H groups in total. The number of carbonyl (C=O) groups excluding carboxylic acids is 2. The van der Waals surface area contributed by atoms with Crippen LogP contribution in [0.1, 0.15) is 11.1 Å². The zero-order chi connectivity index (χ0) is 18.7. The number of hydrogen-bond acceptors (Lipinski definition) is 5. The molecule has 0 aliphatic carbocycles. The first kappa shape index (κ1) is 18.5. The lowest BCUT2D eigenvalue weighted by molar-refractivity contribution is -0.123. The molecule has 0 saturated carbocycles. The molecule has 0 unspecified atom stereocenters. The average molecular weight is 434 g/mol. The summed E-state index contributed by atoms with van der Waals surface area (Å²) in [6.45, 7) is 0.256. The van der Waals surface area contributed by atoms with Gasteiger partial charge in [0.2, 0.25) is 0 Å². The fraction of sp³-hybridized carbons (Fsp3) is 0.158. The van der Waals surface area contributed by atoms with E-state index in [-0.39, 0.29) is 17.7 Å². The summed E-state index contributed by atoms with van der Waals surface area (Å²) in [5.74, 6) is 0.869. The highest BCUT2D eigenvalue weighted by molar-refractivity contribution is 9.10. The van der Waals surface area contributed by atoms with Crippen LogP contribution in [0, 0.1) is 0 Å². The van der Waals surface area contributed by atoms with E-state index in [1.54, 1.807) is 32.4 Å². The fourth-order valence-electron chi connectivity index (χ4n) is 2.54. The van der Waals surface area contributed by atoms with E-state index in [4.69, 9.17) is 9.47 Å². The van der Waals surface area contributed by atoms with Gasteiger partial charge < -0.3 is 9.47 Å². The molecule has 7 heteroatoms. The minimum atomic E-state index is -0.308. The first-order valence-corrected chi connectivity index (χ1v) is 9.35. The number of amides is 2. The van der Waals surface area contributed by atoms with Crippen molar-refractivity contribution < 1.29 is 19.1 Å². The summed E-state index contributed by atoms with van der Waals surface area (Å²) in [6, 6.07) is 12.9. The van der Waals surface area contributed by atoms with Gasteiger partial charge in [-0.25, -0.2) is 0 Å². The van der Waals surface area contributed by atoms with E-state index < -0.39 is 0 Å². The van der Waals surface area contributed by atoms with Crippen molar-refractivity contribution in [2.75, 3.05) is 14.2 Å². The first-order valence-electron chi connectivity index (χ1n) is 7.74. The highest BCUT2D eigenvalue weighted by atomic mass is 79.9. The first-order chi connectivity index (χ1) is 12.5. The molecule has 2 amide bonds. The smallest absolute Gasteiger partial charge is 0.293 e. The lowest BCUT2D eigenvalue weighted by Crippen LogP contribution is -2.27. The Labute approximate surface area is 164 Å². The van der Waals surface area contributed by atoms with Gasteiger partial charge in [-0.3, -0.25) is 14.5 Å². The number of methoxy groups -OCH3 is 2. The van der Waals surface area contributed by atoms with Crippen LogP contribution in [0.15, 0.2) is 51.8 Å². The number of ether oxygens (including phenoxy) is 2. The van der Waals surface area contributed by atoms with Crippen LogP contribution in [-0.4, -0.2) is 30.3 Å². The van der Waals surface area contributed by atoms with Crippen molar-refractivity contribution in [1.82, 2.24) is 4.90 Å². The summed E-state index contributed by atoms with van der Waals surface area (Å²) in [4.78, 5) is 26.6. The fourth-order valence-corrected chi connectivity index (χ4v) is 3.89. The van der Waals surface area contributed by atoms with E-state index in [1.807, 2.05) is 30.3 Å². The zero-order valence-electron chi connectivity index (χ0n) is 14.2. The largest absolute Gasteiger partial charge is 0.496 e. The van der Waals surface area contributed by atoms with Crippen molar-refractivity contribution in [3.63, 3.8) is 0 Å². The molecule has 0 aromatic heterocycles. The molecule has 0 atom stereocenters. The Morgan fingerprint density at radius 1 is 1.08 bits per heavy atom. The third kappa shape index (κ3) is 3.78. The Kier molecular flexibility index (Phi) is 5.68. The van der Waals surface area contributed by atoms with Gasteiger partial charge in [0.25, 0.3) is 11.1 Å². The van der Waals surface area contributed by atoms with Gasteiger partial charge in [0.1, 0.15) is 11.5 Å². The second-order valence-electron chi connectivity index (χ2n) is 5.48. The van der Waals surface area contributed by atoms with Crippen molar-refractivity contribution in [2.24, 2.45) is 0 Å². The summed E-state index contributed by atoms with van der Waals surface area (Å²) in [6.07, 6.45) is 1.67. The molecule has 1 aliphatic rings. The van der Waals surface area contributed by atoms with Crippen LogP contribution in [0.5, 0.6) is 11.5 Å². The van der Waals surface area contributed by atoms with Crippen molar-refractivity contribution in [2.45, 2.75) is 6.54 Å². The van der Waals surface area contributed by atoms with Gasteiger partial charge in [-0.15, -0.1) is 0 Å². The van der Waals surface area contributed by atoms with Gasteiger partial charge in [0, 0.05) is 11.6 Å². The van der Waals surface area contributed by atoms with Crippen LogP contribution in [0.3, 0.4) is 0 Å². The Balaban J connectivity index is 1.89. The molecule has 2 aromatic carbocycles. The molecule has 0 radical (unpaired) electrons. The summed E-state index contributed by atoms with van der Waals surface area (Å²) in [5, 5.41) is -0.281. The van der Waals surface area contributed by atoms with Crippen molar-refractivity contribution in [1.29, 1.82) is 0 Å². The Morgan fingerprint density at radius 3 is 2.42 bits per heavy atom. The van der Waals surface area contributed by atoms with Crippen LogP contribution in [0.25, 0.3) is 6.08 Å².